The first-order valence-corrected chi connectivity index (χ1v) is 9.55. The van der Waals surface area contributed by atoms with Crippen molar-refractivity contribution in [2.45, 2.75) is 39.3 Å². The van der Waals surface area contributed by atoms with Crippen LogP contribution >= 0.6 is 35.0 Å². The van der Waals surface area contributed by atoms with E-state index in [1.807, 2.05) is 0 Å². The van der Waals surface area contributed by atoms with Crippen LogP contribution in [0.4, 0.5) is 4.79 Å². The minimum absolute atomic E-state index is 0.0267. The third-order valence-electron chi connectivity index (χ3n) is 2.74. The van der Waals surface area contributed by atoms with Crippen molar-refractivity contribution in [1.82, 2.24) is 5.32 Å². The second kappa shape index (κ2) is 10.0. The molecule has 0 heterocycles. The number of alkyl carbamates (subject to hydrolysis) is 1. The van der Waals surface area contributed by atoms with Gasteiger partial charge in [-0.2, -0.15) is 0 Å². The fraction of sp³-hybridized carbons (Fsp3) is 0.471. The zero-order chi connectivity index (χ0) is 19.9. The summed E-state index contributed by atoms with van der Waals surface area (Å²) >= 11 is 12.6. The maximum Gasteiger partial charge on any atom is 0.408 e. The van der Waals surface area contributed by atoms with E-state index in [2.05, 4.69) is 5.32 Å². The summed E-state index contributed by atoms with van der Waals surface area (Å²) in [5.74, 6) is -0.677. The Balaban J connectivity index is 2.77. The summed E-state index contributed by atoms with van der Waals surface area (Å²) in [5, 5.41) is 2.75. The van der Waals surface area contributed by atoms with Crippen LogP contribution < -0.4 is 5.32 Å². The lowest BCUT2D eigenvalue weighted by Crippen LogP contribution is -2.46. The molecule has 0 aliphatic carbocycles. The molecule has 1 aromatic rings. The Morgan fingerprint density at radius 2 is 1.73 bits per heavy atom. The van der Waals surface area contributed by atoms with Gasteiger partial charge < -0.3 is 14.8 Å². The van der Waals surface area contributed by atoms with Gasteiger partial charge in [-0.1, -0.05) is 35.0 Å². The van der Waals surface area contributed by atoms with Crippen molar-refractivity contribution in [3.8, 4) is 0 Å². The molecule has 1 rings (SSSR count). The number of esters is 1. The maximum absolute atomic E-state index is 12.3. The van der Waals surface area contributed by atoms with Crippen molar-refractivity contribution in [3.05, 3.63) is 33.8 Å². The molecule has 0 radical (unpaired) electrons. The third kappa shape index (κ3) is 8.29. The number of halogens is 2. The molecule has 1 aromatic carbocycles. The van der Waals surface area contributed by atoms with Crippen LogP contribution in [0.2, 0.25) is 10.0 Å². The molecule has 9 heteroatoms. The number of hydrogen-bond donors (Lipinski definition) is 1. The number of carbonyl (C=O) groups is 3. The highest BCUT2D eigenvalue weighted by Gasteiger charge is 2.26. The minimum atomic E-state index is -1.03. The van der Waals surface area contributed by atoms with Crippen LogP contribution in [0.3, 0.4) is 0 Å². The van der Waals surface area contributed by atoms with Crippen molar-refractivity contribution in [1.29, 1.82) is 0 Å². The van der Waals surface area contributed by atoms with Crippen molar-refractivity contribution < 1.29 is 23.9 Å². The van der Waals surface area contributed by atoms with Gasteiger partial charge in [0.2, 0.25) is 5.12 Å². The minimum Gasteiger partial charge on any atom is -0.464 e. The van der Waals surface area contributed by atoms with Crippen LogP contribution in [0.1, 0.15) is 38.1 Å². The topological polar surface area (TPSA) is 81.7 Å². The SMILES string of the molecule is CCOC(=O)C(CSC(=O)c1cc(Cl)cc(Cl)c1)NC(=O)OC(C)(C)C. The van der Waals surface area contributed by atoms with Crippen LogP contribution in [-0.2, 0) is 14.3 Å². The Morgan fingerprint density at radius 3 is 2.23 bits per heavy atom. The zero-order valence-corrected chi connectivity index (χ0v) is 17.3. The molecule has 1 atom stereocenters. The van der Waals surface area contributed by atoms with E-state index in [1.165, 1.54) is 18.2 Å². The lowest BCUT2D eigenvalue weighted by atomic mass is 10.2. The highest BCUT2D eigenvalue weighted by atomic mass is 35.5. The van der Waals surface area contributed by atoms with Crippen LogP contribution in [0, 0.1) is 0 Å². The molecule has 144 valence electrons. The lowest BCUT2D eigenvalue weighted by Gasteiger charge is -2.22. The molecular formula is C17H21Cl2NO5S. The van der Waals surface area contributed by atoms with Crippen molar-refractivity contribution >= 4 is 52.1 Å². The molecule has 0 saturated heterocycles. The van der Waals surface area contributed by atoms with Crippen LogP contribution in [0.15, 0.2) is 18.2 Å². The van der Waals surface area contributed by atoms with E-state index in [9.17, 15) is 14.4 Å². The number of amides is 1. The number of ether oxygens (including phenoxy) is 2. The Labute approximate surface area is 166 Å². The highest BCUT2D eigenvalue weighted by Crippen LogP contribution is 2.23. The normalized spacial score (nSPS) is 12.2. The molecule has 26 heavy (non-hydrogen) atoms. The molecule has 0 fully saturated rings. The number of carbonyl (C=O) groups excluding carboxylic acids is 3. The molecule has 0 aromatic heterocycles. The standard InChI is InChI=1S/C17H21Cl2NO5S/c1-5-24-14(21)13(20-16(23)25-17(2,3)4)9-26-15(22)10-6-11(18)8-12(19)7-10/h6-8,13H,5,9H2,1-4H3,(H,20,23). The first-order chi connectivity index (χ1) is 12.0. The smallest absolute Gasteiger partial charge is 0.408 e. The monoisotopic (exact) mass is 421 g/mol. The van der Waals surface area contributed by atoms with E-state index in [0.29, 0.717) is 15.6 Å². The van der Waals surface area contributed by atoms with E-state index in [-0.39, 0.29) is 17.5 Å². The molecule has 0 aliphatic rings. The number of rotatable bonds is 6. The van der Waals surface area contributed by atoms with Crippen molar-refractivity contribution in [2.24, 2.45) is 0 Å². The second-order valence-electron chi connectivity index (χ2n) is 6.21. The highest BCUT2D eigenvalue weighted by molar-refractivity contribution is 8.14. The molecule has 1 N–H and O–H groups in total. The largest absolute Gasteiger partial charge is 0.464 e. The second-order valence-corrected chi connectivity index (χ2v) is 8.07. The summed E-state index contributed by atoms with van der Waals surface area (Å²) in [7, 11) is 0. The van der Waals surface area contributed by atoms with Crippen molar-refractivity contribution in [3.63, 3.8) is 0 Å². The molecular weight excluding hydrogens is 401 g/mol. The average Bonchev–Trinajstić information content (AvgIpc) is 2.48. The Bertz CT molecular complexity index is 655. The van der Waals surface area contributed by atoms with Gasteiger partial charge in [0, 0.05) is 21.4 Å². The summed E-state index contributed by atoms with van der Waals surface area (Å²) in [6, 6.07) is 3.43. The van der Waals surface area contributed by atoms with E-state index in [4.69, 9.17) is 32.7 Å². The summed E-state index contributed by atoms with van der Waals surface area (Å²) < 4.78 is 10.1. The van der Waals surface area contributed by atoms with E-state index >= 15 is 0 Å². The van der Waals surface area contributed by atoms with Gasteiger partial charge in [0.1, 0.15) is 11.6 Å². The number of nitrogens with one attached hydrogen (secondary N) is 1. The fourth-order valence-corrected chi connectivity index (χ4v) is 3.12. The fourth-order valence-electron chi connectivity index (χ4n) is 1.78. The van der Waals surface area contributed by atoms with Gasteiger partial charge in [0.25, 0.3) is 0 Å². The molecule has 0 aliphatic heterocycles. The lowest BCUT2D eigenvalue weighted by molar-refractivity contribution is -0.144. The van der Waals surface area contributed by atoms with Gasteiger partial charge in [0.05, 0.1) is 6.61 Å². The average molecular weight is 422 g/mol. The Morgan fingerprint density at radius 1 is 1.15 bits per heavy atom. The predicted octanol–water partition coefficient (Wildman–Crippen LogP) is 4.32. The third-order valence-corrected chi connectivity index (χ3v) is 4.18. The first-order valence-electron chi connectivity index (χ1n) is 7.81. The number of benzene rings is 1. The van der Waals surface area contributed by atoms with Gasteiger partial charge >= 0.3 is 12.1 Å². The molecule has 1 amide bonds. The van der Waals surface area contributed by atoms with Crippen LogP contribution in [0.25, 0.3) is 0 Å². The number of thioether (sulfide) groups is 1. The molecule has 6 nitrogen and oxygen atoms in total. The van der Waals surface area contributed by atoms with Crippen LogP contribution in [0.5, 0.6) is 0 Å². The van der Waals surface area contributed by atoms with Gasteiger partial charge in [0.15, 0.2) is 0 Å². The van der Waals surface area contributed by atoms with Gasteiger partial charge in [-0.25, -0.2) is 9.59 Å². The zero-order valence-electron chi connectivity index (χ0n) is 14.9. The number of hydrogen-bond acceptors (Lipinski definition) is 6. The molecule has 1 unspecified atom stereocenters. The van der Waals surface area contributed by atoms with Gasteiger partial charge in [-0.3, -0.25) is 4.79 Å². The first kappa shape index (κ1) is 22.6. The summed E-state index contributed by atoms with van der Waals surface area (Å²) in [5.41, 5.74) is -0.420. The van der Waals surface area contributed by atoms with Gasteiger partial charge in [-0.05, 0) is 45.9 Å². The summed E-state index contributed by atoms with van der Waals surface area (Å²) in [4.78, 5) is 36.3. The summed E-state index contributed by atoms with van der Waals surface area (Å²) in [6.45, 7) is 6.90. The van der Waals surface area contributed by atoms with E-state index in [1.54, 1.807) is 27.7 Å². The Hall–Kier alpha value is -1.44. The summed E-state index contributed by atoms with van der Waals surface area (Å²) in [6.07, 6.45) is -0.769. The molecule has 0 saturated carbocycles. The van der Waals surface area contributed by atoms with Gasteiger partial charge in [-0.15, -0.1) is 0 Å². The van der Waals surface area contributed by atoms with Crippen LogP contribution in [-0.4, -0.2) is 41.2 Å². The quantitative estimate of drug-likeness (QED) is 0.688. The van der Waals surface area contributed by atoms with Crippen molar-refractivity contribution in [2.75, 3.05) is 12.4 Å². The maximum atomic E-state index is 12.3. The van der Waals surface area contributed by atoms with E-state index in [0.717, 1.165) is 11.8 Å². The van der Waals surface area contributed by atoms with E-state index < -0.39 is 23.7 Å². The predicted molar refractivity (Wildman–Crippen MR) is 103 cm³/mol. The Kier molecular flexibility index (Phi) is 8.73. The molecule has 0 bridgehead atoms. The molecule has 0 spiro atoms.